The van der Waals surface area contributed by atoms with Crippen LogP contribution in [-0.4, -0.2) is 24.5 Å². The molecule has 0 radical (unpaired) electrons. The van der Waals surface area contributed by atoms with E-state index in [0.717, 1.165) is 36.0 Å². The van der Waals surface area contributed by atoms with Crippen molar-refractivity contribution >= 4 is 33.9 Å². The first-order chi connectivity index (χ1) is 11.6. The third-order valence-corrected chi connectivity index (χ3v) is 4.60. The lowest BCUT2D eigenvalue weighted by Crippen LogP contribution is -2.23. The van der Waals surface area contributed by atoms with Crippen molar-refractivity contribution in [2.75, 3.05) is 29.5 Å². The maximum atomic E-state index is 12.7. The van der Waals surface area contributed by atoms with E-state index >= 15 is 0 Å². The van der Waals surface area contributed by atoms with E-state index in [1.54, 1.807) is 24.3 Å². The summed E-state index contributed by atoms with van der Waals surface area (Å²) in [4.78, 5) is 18.5. The van der Waals surface area contributed by atoms with Gasteiger partial charge in [-0.3, -0.25) is 4.79 Å². The topological polar surface area (TPSA) is 74.2 Å². The molecule has 0 saturated carbocycles. The minimum atomic E-state index is -0.119. The molecule has 3 aromatic rings. The fourth-order valence-electron chi connectivity index (χ4n) is 3.43. The molecule has 4 N–H and O–H groups in total. The van der Waals surface area contributed by atoms with E-state index in [1.807, 2.05) is 12.1 Å². The number of nitrogens with zero attached hydrogens (tertiary/aromatic N) is 1. The Morgan fingerprint density at radius 3 is 2.79 bits per heavy atom. The molecule has 24 heavy (non-hydrogen) atoms. The van der Waals surface area contributed by atoms with Gasteiger partial charge in [-0.25, -0.2) is 0 Å². The SMILES string of the molecule is CN1CCCc2[nH]c3c(C(=O)Nc4ccc(N)cc4)cccc3c21. The highest BCUT2D eigenvalue weighted by Crippen LogP contribution is 2.35. The summed E-state index contributed by atoms with van der Waals surface area (Å²) in [6.07, 6.45) is 2.15. The van der Waals surface area contributed by atoms with E-state index in [1.165, 1.54) is 11.4 Å². The van der Waals surface area contributed by atoms with Gasteiger partial charge in [-0.15, -0.1) is 0 Å². The molecule has 0 unspecified atom stereocenters. The summed E-state index contributed by atoms with van der Waals surface area (Å²) in [5.74, 6) is -0.119. The fraction of sp³-hybridized carbons (Fsp3) is 0.211. The minimum absolute atomic E-state index is 0.119. The van der Waals surface area contributed by atoms with Crippen molar-refractivity contribution in [2.45, 2.75) is 12.8 Å². The van der Waals surface area contributed by atoms with Gasteiger partial charge in [0.2, 0.25) is 0 Å². The molecule has 122 valence electrons. The smallest absolute Gasteiger partial charge is 0.257 e. The van der Waals surface area contributed by atoms with Gasteiger partial charge in [-0.1, -0.05) is 12.1 Å². The second-order valence-electron chi connectivity index (χ2n) is 6.28. The van der Waals surface area contributed by atoms with Crippen LogP contribution < -0.4 is 16.0 Å². The first kappa shape index (κ1) is 14.6. The molecule has 4 rings (SSSR count). The number of fused-ring (bicyclic) bond motifs is 3. The molecule has 0 bridgehead atoms. The Bertz CT molecular complexity index is 911. The Labute approximate surface area is 140 Å². The van der Waals surface area contributed by atoms with Crippen molar-refractivity contribution in [1.82, 2.24) is 4.98 Å². The number of aromatic nitrogens is 1. The normalized spacial score (nSPS) is 13.8. The first-order valence-electron chi connectivity index (χ1n) is 8.15. The molecule has 0 saturated heterocycles. The number of carbonyl (C=O) groups is 1. The number of nitrogens with one attached hydrogen (secondary N) is 2. The molecular weight excluding hydrogens is 300 g/mol. The number of para-hydroxylation sites is 1. The molecule has 0 aliphatic carbocycles. The van der Waals surface area contributed by atoms with E-state index in [-0.39, 0.29) is 5.91 Å². The molecule has 5 nitrogen and oxygen atoms in total. The highest BCUT2D eigenvalue weighted by Gasteiger charge is 2.22. The number of hydrogen-bond donors (Lipinski definition) is 3. The second-order valence-corrected chi connectivity index (χ2v) is 6.28. The Hall–Kier alpha value is -2.95. The standard InChI is InChI=1S/C19H20N4O/c1-23-11-3-6-16-18(23)14-4-2-5-15(17(14)22-16)19(24)21-13-9-7-12(20)8-10-13/h2,4-5,7-10,22H,3,6,11,20H2,1H3,(H,21,24). The minimum Gasteiger partial charge on any atom is -0.399 e. The number of H-pyrrole nitrogens is 1. The van der Waals surface area contributed by atoms with E-state index in [4.69, 9.17) is 5.73 Å². The van der Waals surface area contributed by atoms with Crippen molar-refractivity contribution in [3.05, 3.63) is 53.7 Å². The molecule has 0 fully saturated rings. The molecule has 1 aliphatic rings. The van der Waals surface area contributed by atoms with Crippen molar-refractivity contribution in [3.8, 4) is 0 Å². The number of nitrogen functional groups attached to an aromatic ring is 1. The van der Waals surface area contributed by atoms with Crippen LogP contribution in [0.25, 0.3) is 10.9 Å². The Balaban J connectivity index is 1.74. The summed E-state index contributed by atoms with van der Waals surface area (Å²) in [6.45, 7) is 1.04. The van der Waals surface area contributed by atoms with Crippen molar-refractivity contribution in [3.63, 3.8) is 0 Å². The van der Waals surface area contributed by atoms with Crippen LogP contribution in [0.3, 0.4) is 0 Å². The highest BCUT2D eigenvalue weighted by molar-refractivity contribution is 6.14. The first-order valence-corrected chi connectivity index (χ1v) is 8.15. The molecule has 5 heteroatoms. The Morgan fingerprint density at radius 1 is 1.21 bits per heavy atom. The van der Waals surface area contributed by atoms with Crippen LogP contribution in [0.15, 0.2) is 42.5 Å². The number of aromatic amines is 1. The van der Waals surface area contributed by atoms with Crippen LogP contribution >= 0.6 is 0 Å². The third kappa shape index (κ3) is 2.38. The van der Waals surface area contributed by atoms with Crippen LogP contribution in [0.4, 0.5) is 17.1 Å². The number of benzene rings is 2. The predicted octanol–water partition coefficient (Wildman–Crippen LogP) is 3.38. The second kappa shape index (κ2) is 5.60. The summed E-state index contributed by atoms with van der Waals surface area (Å²) in [7, 11) is 2.10. The predicted molar refractivity (Wildman–Crippen MR) is 98.7 cm³/mol. The van der Waals surface area contributed by atoms with Crippen LogP contribution in [-0.2, 0) is 6.42 Å². The average Bonchev–Trinajstić information content (AvgIpc) is 2.96. The zero-order chi connectivity index (χ0) is 16.7. The zero-order valence-corrected chi connectivity index (χ0v) is 13.6. The number of hydrogen-bond acceptors (Lipinski definition) is 3. The van der Waals surface area contributed by atoms with E-state index in [2.05, 4.69) is 28.3 Å². The van der Waals surface area contributed by atoms with Gasteiger partial charge in [-0.05, 0) is 43.2 Å². The molecule has 1 aliphatic heterocycles. The van der Waals surface area contributed by atoms with Crippen molar-refractivity contribution < 1.29 is 4.79 Å². The molecule has 1 amide bonds. The van der Waals surface area contributed by atoms with Gasteiger partial charge < -0.3 is 20.9 Å². The van der Waals surface area contributed by atoms with Gasteiger partial charge >= 0.3 is 0 Å². The molecule has 0 spiro atoms. The number of carbonyl (C=O) groups excluding carboxylic acids is 1. The molecular formula is C19H20N4O. The van der Waals surface area contributed by atoms with Gasteiger partial charge in [0.1, 0.15) is 0 Å². The van der Waals surface area contributed by atoms with Crippen LogP contribution in [0, 0.1) is 0 Å². The largest absolute Gasteiger partial charge is 0.399 e. The Kier molecular flexibility index (Phi) is 3.41. The summed E-state index contributed by atoms with van der Waals surface area (Å²) in [6, 6.07) is 13.0. The Morgan fingerprint density at radius 2 is 2.00 bits per heavy atom. The number of nitrogens with two attached hydrogens (primary N) is 1. The van der Waals surface area contributed by atoms with Gasteiger partial charge in [-0.2, -0.15) is 0 Å². The maximum Gasteiger partial charge on any atom is 0.257 e. The monoisotopic (exact) mass is 320 g/mol. The molecule has 1 aromatic heterocycles. The molecule has 2 aromatic carbocycles. The lowest BCUT2D eigenvalue weighted by Gasteiger charge is -2.24. The van der Waals surface area contributed by atoms with Crippen molar-refractivity contribution in [1.29, 1.82) is 0 Å². The van der Waals surface area contributed by atoms with Crippen LogP contribution in [0.2, 0.25) is 0 Å². The quantitative estimate of drug-likeness (QED) is 0.634. The van der Waals surface area contributed by atoms with Crippen LogP contribution in [0.5, 0.6) is 0 Å². The number of anilines is 3. The number of rotatable bonds is 2. The van der Waals surface area contributed by atoms with E-state index < -0.39 is 0 Å². The van der Waals surface area contributed by atoms with Crippen LogP contribution in [0.1, 0.15) is 22.5 Å². The molecule has 2 heterocycles. The lowest BCUT2D eigenvalue weighted by molar-refractivity contribution is 0.102. The maximum absolute atomic E-state index is 12.7. The summed E-state index contributed by atoms with van der Waals surface area (Å²) >= 11 is 0. The van der Waals surface area contributed by atoms with Gasteiger partial charge in [0.25, 0.3) is 5.91 Å². The van der Waals surface area contributed by atoms with Crippen molar-refractivity contribution in [2.24, 2.45) is 0 Å². The van der Waals surface area contributed by atoms with Gasteiger partial charge in [0.15, 0.2) is 0 Å². The molecule has 0 atom stereocenters. The summed E-state index contributed by atoms with van der Waals surface area (Å²) in [5.41, 5.74) is 11.1. The average molecular weight is 320 g/mol. The zero-order valence-electron chi connectivity index (χ0n) is 13.6. The summed E-state index contributed by atoms with van der Waals surface area (Å²) < 4.78 is 0. The lowest BCUT2D eigenvalue weighted by atomic mass is 10.1. The highest BCUT2D eigenvalue weighted by atomic mass is 16.1. The van der Waals surface area contributed by atoms with E-state index in [9.17, 15) is 4.79 Å². The van der Waals surface area contributed by atoms with Gasteiger partial charge in [0, 0.05) is 36.0 Å². The van der Waals surface area contributed by atoms with Gasteiger partial charge in [0.05, 0.1) is 16.8 Å². The van der Waals surface area contributed by atoms with E-state index in [0.29, 0.717) is 11.3 Å². The third-order valence-electron chi connectivity index (χ3n) is 4.60. The number of aryl methyl sites for hydroxylation is 1. The summed E-state index contributed by atoms with van der Waals surface area (Å²) in [5, 5.41) is 4.05. The fourth-order valence-corrected chi connectivity index (χ4v) is 3.43. The number of amides is 1.